The molecule has 0 aromatic carbocycles. The van der Waals surface area contributed by atoms with E-state index in [1.165, 1.54) is 0 Å². The van der Waals surface area contributed by atoms with Gasteiger partial charge in [-0.1, -0.05) is 6.92 Å². The minimum absolute atomic E-state index is 0.0302. The van der Waals surface area contributed by atoms with Gasteiger partial charge in [-0.05, 0) is 6.42 Å². The SMILES string of the molecule is CCCO[C@@H]1O[C@H](CO)[C@@H](O)[C@H](O)[C@@H]1O[C@@H]1O[C@H](CO)[C@@H](O)[C@H](O)[C@@H]1O[C@@H]1O[C@H](CO)[C@@H](O)[C@H](O)[C@@H]1O[C@@H]1O[C@H](CO)[C@@H](O)[C@H](O)[C@@H]1O[C@@H]1O[C@H](CO)[C@@H](O)[C@H](O)[C@@H]1O. The Morgan fingerprint density at radius 3 is 0.881 bits per heavy atom. The van der Waals surface area contributed by atoms with Crippen LogP contribution >= 0.6 is 0 Å². The van der Waals surface area contributed by atoms with Crippen LogP contribution in [0, 0.1) is 0 Å². The van der Waals surface area contributed by atoms with Crippen LogP contribution in [-0.2, 0) is 47.4 Å². The highest BCUT2D eigenvalue weighted by Gasteiger charge is 2.57. The van der Waals surface area contributed by atoms with Gasteiger partial charge in [0.15, 0.2) is 31.5 Å². The molecule has 0 aromatic heterocycles. The van der Waals surface area contributed by atoms with Gasteiger partial charge in [0.1, 0.15) is 122 Å². The second kappa shape index (κ2) is 21.6. The summed E-state index contributed by atoms with van der Waals surface area (Å²) in [7, 11) is 0. The van der Waals surface area contributed by atoms with Gasteiger partial charge in [-0.25, -0.2) is 0 Å². The summed E-state index contributed by atoms with van der Waals surface area (Å²) in [5.41, 5.74) is 0. The summed E-state index contributed by atoms with van der Waals surface area (Å²) in [6, 6.07) is 0. The lowest BCUT2D eigenvalue weighted by Gasteiger charge is -2.50. The maximum absolute atomic E-state index is 11.4. The molecule has 26 nitrogen and oxygen atoms in total. The predicted octanol–water partition coefficient (Wildman–Crippen LogP) is -10.5. The molecule has 25 atom stereocenters. The largest absolute Gasteiger partial charge is 0.394 e. The van der Waals surface area contributed by atoms with Gasteiger partial charge in [-0.3, -0.25) is 0 Å². The third-order valence-electron chi connectivity index (χ3n) is 10.8. The van der Waals surface area contributed by atoms with Crippen LogP contribution in [0.4, 0.5) is 0 Å². The van der Waals surface area contributed by atoms with Crippen molar-refractivity contribution in [3.63, 3.8) is 0 Å². The fourth-order valence-electron chi connectivity index (χ4n) is 7.30. The first-order chi connectivity index (χ1) is 28.1. The molecular weight excluding hydrogens is 812 g/mol. The molecule has 0 spiro atoms. The number of hydrogen-bond acceptors (Lipinski definition) is 26. The lowest BCUT2D eigenvalue weighted by Crippen LogP contribution is -2.68. The summed E-state index contributed by atoms with van der Waals surface area (Å²) in [5.74, 6) is 0. The Labute approximate surface area is 335 Å². The van der Waals surface area contributed by atoms with Crippen molar-refractivity contribution in [2.45, 2.75) is 167 Å². The van der Waals surface area contributed by atoms with E-state index in [-0.39, 0.29) is 6.61 Å². The van der Waals surface area contributed by atoms with E-state index in [2.05, 4.69) is 0 Å². The molecule has 59 heavy (non-hydrogen) atoms. The summed E-state index contributed by atoms with van der Waals surface area (Å²) in [4.78, 5) is 0. The van der Waals surface area contributed by atoms with Crippen molar-refractivity contribution in [2.24, 2.45) is 0 Å². The van der Waals surface area contributed by atoms with Gasteiger partial charge in [0.05, 0.1) is 33.0 Å². The van der Waals surface area contributed by atoms with E-state index in [4.69, 9.17) is 47.4 Å². The Balaban J connectivity index is 1.46. The Hall–Kier alpha value is -1.04. The molecule has 26 heteroatoms. The maximum atomic E-state index is 11.4. The average Bonchev–Trinajstić information content (AvgIpc) is 3.23. The second-order valence-corrected chi connectivity index (χ2v) is 14.8. The van der Waals surface area contributed by atoms with E-state index in [0.29, 0.717) is 6.42 Å². The van der Waals surface area contributed by atoms with Gasteiger partial charge in [0.25, 0.3) is 0 Å². The van der Waals surface area contributed by atoms with E-state index >= 15 is 0 Å². The Bertz CT molecular complexity index is 1260. The first-order valence-electron chi connectivity index (χ1n) is 19.1. The Morgan fingerprint density at radius 1 is 0.322 bits per heavy atom. The zero-order valence-corrected chi connectivity index (χ0v) is 31.6. The first kappa shape index (κ1) is 49.0. The molecule has 0 radical (unpaired) electrons. The molecule has 5 aliphatic heterocycles. The van der Waals surface area contributed by atoms with Gasteiger partial charge < -0.3 is 129 Å². The maximum Gasteiger partial charge on any atom is 0.187 e. The van der Waals surface area contributed by atoms with Crippen molar-refractivity contribution in [1.29, 1.82) is 0 Å². The summed E-state index contributed by atoms with van der Waals surface area (Å²) in [6.07, 6.45) is -46.1. The van der Waals surface area contributed by atoms with Crippen LogP contribution in [0.5, 0.6) is 0 Å². The van der Waals surface area contributed by atoms with Gasteiger partial charge in [-0.15, -0.1) is 0 Å². The third kappa shape index (κ3) is 10.3. The fourth-order valence-corrected chi connectivity index (χ4v) is 7.30. The Morgan fingerprint density at radius 2 is 0.576 bits per heavy atom. The van der Waals surface area contributed by atoms with Crippen LogP contribution in [0.25, 0.3) is 0 Å². The monoisotopic (exact) mass is 870 g/mol. The van der Waals surface area contributed by atoms with Crippen molar-refractivity contribution < 1.29 is 129 Å². The number of aliphatic hydroxyl groups is 16. The van der Waals surface area contributed by atoms with Crippen molar-refractivity contribution in [2.75, 3.05) is 39.6 Å². The number of hydrogen-bond donors (Lipinski definition) is 16. The molecule has 5 saturated heterocycles. The molecule has 0 bridgehead atoms. The van der Waals surface area contributed by atoms with Crippen molar-refractivity contribution in [3.05, 3.63) is 0 Å². The molecule has 0 aromatic rings. The summed E-state index contributed by atoms with van der Waals surface area (Å²) in [5, 5.41) is 168. The lowest BCUT2D eigenvalue weighted by molar-refractivity contribution is -0.413. The highest BCUT2D eigenvalue weighted by atomic mass is 16.8. The second-order valence-electron chi connectivity index (χ2n) is 14.8. The minimum Gasteiger partial charge on any atom is -0.394 e. The van der Waals surface area contributed by atoms with Crippen LogP contribution in [0.1, 0.15) is 13.3 Å². The fraction of sp³-hybridized carbons (Fsp3) is 1.00. The molecule has 0 amide bonds. The molecular formula is C33H58O26. The molecule has 5 aliphatic rings. The zero-order chi connectivity index (χ0) is 43.5. The topological polar surface area (TPSA) is 416 Å². The summed E-state index contributed by atoms with van der Waals surface area (Å²) >= 11 is 0. The van der Waals surface area contributed by atoms with E-state index in [9.17, 15) is 81.7 Å². The van der Waals surface area contributed by atoms with Crippen LogP contribution in [0.15, 0.2) is 0 Å². The predicted molar refractivity (Wildman–Crippen MR) is 181 cm³/mol. The van der Waals surface area contributed by atoms with Crippen LogP contribution in [-0.4, -0.2) is 275 Å². The number of ether oxygens (including phenoxy) is 10. The highest BCUT2D eigenvalue weighted by molar-refractivity contribution is 4.99. The van der Waals surface area contributed by atoms with Gasteiger partial charge in [0.2, 0.25) is 0 Å². The van der Waals surface area contributed by atoms with Crippen LogP contribution in [0.3, 0.4) is 0 Å². The van der Waals surface area contributed by atoms with Crippen LogP contribution in [0.2, 0.25) is 0 Å². The molecule has 0 unspecified atom stereocenters. The summed E-state index contributed by atoms with van der Waals surface area (Å²) in [6.45, 7) is -2.67. The molecule has 0 saturated carbocycles. The van der Waals surface area contributed by atoms with E-state index in [1.807, 2.05) is 0 Å². The molecule has 0 aliphatic carbocycles. The molecule has 5 fully saturated rings. The lowest BCUT2D eigenvalue weighted by atomic mass is 9.95. The van der Waals surface area contributed by atoms with Crippen molar-refractivity contribution in [1.82, 2.24) is 0 Å². The van der Waals surface area contributed by atoms with E-state index < -0.39 is 187 Å². The van der Waals surface area contributed by atoms with E-state index in [0.717, 1.165) is 0 Å². The molecule has 5 heterocycles. The normalized spacial score (nSPS) is 51.1. The van der Waals surface area contributed by atoms with Gasteiger partial charge >= 0.3 is 0 Å². The van der Waals surface area contributed by atoms with Crippen molar-refractivity contribution in [3.8, 4) is 0 Å². The Kier molecular flexibility index (Phi) is 17.9. The van der Waals surface area contributed by atoms with E-state index in [1.54, 1.807) is 6.92 Å². The van der Waals surface area contributed by atoms with Gasteiger partial charge in [0, 0.05) is 6.61 Å². The number of aliphatic hydroxyl groups excluding tert-OH is 16. The minimum atomic E-state index is -2.14. The zero-order valence-electron chi connectivity index (χ0n) is 31.6. The van der Waals surface area contributed by atoms with Crippen molar-refractivity contribution >= 4 is 0 Å². The standard InChI is InChI=1S/C33H58O26/c1-2-3-50-30-25(20(45)15(40)10(5-35)52-30)57-32-27(22(47)17(42)12(7-37)54-32)59-33-28(23(48)18(43)13(8-38)55-33)58-31-26(21(46)16(41)11(6-36)53-31)56-29-24(49)19(44)14(39)9(4-34)51-29/h9-49H,2-8H2,1H3/t9-,10-,11-,12-,13-,14-,15-,16-,17-,18-,19+,20+,21+,22+,23+,24+,25+,26+,27+,28+,29+,30-,31+,32+,33+/m1/s1. The molecule has 346 valence electrons. The smallest absolute Gasteiger partial charge is 0.187 e. The molecule has 16 N–H and O–H groups in total. The van der Waals surface area contributed by atoms with Gasteiger partial charge in [-0.2, -0.15) is 0 Å². The third-order valence-corrected chi connectivity index (χ3v) is 10.8. The first-order valence-corrected chi connectivity index (χ1v) is 19.1. The highest BCUT2D eigenvalue weighted by Crippen LogP contribution is 2.36. The quantitative estimate of drug-likeness (QED) is 0.0685. The average molecular weight is 871 g/mol. The summed E-state index contributed by atoms with van der Waals surface area (Å²) < 4.78 is 57.2. The molecule has 5 rings (SSSR count). The van der Waals surface area contributed by atoms with Crippen LogP contribution < -0.4 is 0 Å². The number of rotatable bonds is 16.